The summed E-state index contributed by atoms with van der Waals surface area (Å²) in [6.07, 6.45) is 5.47. The number of H-pyrrole nitrogens is 1. The van der Waals surface area contributed by atoms with Crippen LogP contribution in [0.4, 0.5) is 5.00 Å². The van der Waals surface area contributed by atoms with E-state index in [0.717, 1.165) is 31.2 Å². The lowest BCUT2D eigenvalue weighted by Gasteiger charge is -2.12. The Kier molecular flexibility index (Phi) is 5.35. The number of aromatic nitrogens is 3. The van der Waals surface area contributed by atoms with Gasteiger partial charge in [-0.1, -0.05) is 42.1 Å². The van der Waals surface area contributed by atoms with Crippen molar-refractivity contribution in [2.45, 2.75) is 30.8 Å². The highest BCUT2D eigenvalue weighted by Crippen LogP contribution is 2.39. The van der Waals surface area contributed by atoms with Crippen LogP contribution in [0.15, 0.2) is 41.8 Å². The molecule has 2 heterocycles. The molecule has 1 aromatic carbocycles. The third kappa shape index (κ3) is 3.96. The fourth-order valence-corrected chi connectivity index (χ4v) is 5.07. The van der Waals surface area contributed by atoms with Crippen LogP contribution in [-0.2, 0) is 17.6 Å². The summed E-state index contributed by atoms with van der Waals surface area (Å²) >= 11 is 2.82. The first-order valence-electron chi connectivity index (χ1n) is 8.74. The molecule has 3 aromatic rings. The van der Waals surface area contributed by atoms with E-state index in [9.17, 15) is 9.59 Å². The van der Waals surface area contributed by atoms with Crippen LogP contribution in [0.3, 0.4) is 0 Å². The number of ketones is 1. The number of thiophene rings is 1. The maximum atomic E-state index is 13.2. The van der Waals surface area contributed by atoms with Crippen LogP contribution in [0.1, 0.15) is 39.2 Å². The van der Waals surface area contributed by atoms with Crippen LogP contribution >= 0.6 is 23.1 Å². The van der Waals surface area contributed by atoms with E-state index in [1.165, 1.54) is 34.3 Å². The van der Waals surface area contributed by atoms with Gasteiger partial charge in [-0.15, -0.1) is 11.3 Å². The van der Waals surface area contributed by atoms with Crippen LogP contribution in [0.25, 0.3) is 0 Å². The fourth-order valence-electron chi connectivity index (χ4n) is 3.19. The summed E-state index contributed by atoms with van der Waals surface area (Å²) in [5.74, 6) is 0.0294. The van der Waals surface area contributed by atoms with Crippen LogP contribution in [0.2, 0.25) is 0 Å². The molecule has 8 heteroatoms. The van der Waals surface area contributed by atoms with Crippen molar-refractivity contribution >= 4 is 39.8 Å². The molecule has 4 rings (SSSR count). The highest BCUT2D eigenvalue weighted by molar-refractivity contribution is 7.99. The van der Waals surface area contributed by atoms with Crippen LogP contribution in [-0.4, -0.2) is 32.6 Å². The molecule has 0 atom stereocenters. The Morgan fingerprint density at radius 3 is 2.78 bits per heavy atom. The van der Waals surface area contributed by atoms with Crippen molar-refractivity contribution in [3.63, 3.8) is 0 Å². The molecule has 2 N–H and O–H groups in total. The molecule has 0 unspecified atom stereocenters. The van der Waals surface area contributed by atoms with Crippen LogP contribution in [0.5, 0.6) is 0 Å². The predicted octanol–water partition coefficient (Wildman–Crippen LogP) is 3.71. The number of thioether (sulfide) groups is 1. The Hall–Kier alpha value is -2.45. The van der Waals surface area contributed by atoms with Crippen molar-refractivity contribution in [3.8, 4) is 0 Å². The lowest BCUT2D eigenvalue weighted by atomic mass is 9.92. The van der Waals surface area contributed by atoms with Gasteiger partial charge in [0.15, 0.2) is 10.9 Å². The van der Waals surface area contributed by atoms with Gasteiger partial charge < -0.3 is 5.32 Å². The molecular weight excluding hydrogens is 380 g/mol. The zero-order valence-electron chi connectivity index (χ0n) is 14.5. The van der Waals surface area contributed by atoms with E-state index in [-0.39, 0.29) is 17.4 Å². The molecule has 1 aliphatic carbocycles. The highest BCUT2D eigenvalue weighted by atomic mass is 32.2. The summed E-state index contributed by atoms with van der Waals surface area (Å²) in [5.41, 5.74) is 2.42. The third-order valence-electron chi connectivity index (χ3n) is 4.42. The molecule has 0 saturated heterocycles. The van der Waals surface area contributed by atoms with Gasteiger partial charge in [-0.3, -0.25) is 14.7 Å². The largest absolute Gasteiger partial charge is 0.316 e. The Labute approximate surface area is 164 Å². The number of hydrogen-bond acceptors (Lipinski definition) is 6. The number of carbonyl (C=O) groups excluding carboxylic acids is 2. The van der Waals surface area contributed by atoms with Crippen LogP contribution < -0.4 is 5.32 Å². The van der Waals surface area contributed by atoms with Gasteiger partial charge in [-0.05, 0) is 31.2 Å². The van der Waals surface area contributed by atoms with E-state index >= 15 is 0 Å². The van der Waals surface area contributed by atoms with E-state index in [4.69, 9.17) is 0 Å². The fraction of sp³-hybridized carbons (Fsp3) is 0.263. The first-order chi connectivity index (χ1) is 13.2. The van der Waals surface area contributed by atoms with E-state index in [2.05, 4.69) is 20.5 Å². The topological polar surface area (TPSA) is 87.7 Å². The number of aryl methyl sites for hydroxylation is 1. The zero-order chi connectivity index (χ0) is 18.6. The number of aromatic amines is 1. The second kappa shape index (κ2) is 8.06. The Morgan fingerprint density at radius 1 is 1.19 bits per heavy atom. The van der Waals surface area contributed by atoms with Gasteiger partial charge in [0.2, 0.25) is 5.91 Å². The summed E-state index contributed by atoms with van der Waals surface area (Å²) in [6, 6.07) is 9.25. The molecule has 138 valence electrons. The van der Waals surface area contributed by atoms with Gasteiger partial charge in [0.05, 0.1) is 11.3 Å². The number of amides is 1. The lowest BCUT2D eigenvalue weighted by Crippen LogP contribution is -2.16. The molecule has 1 amide bonds. The normalized spacial score (nSPS) is 13.2. The second-order valence-electron chi connectivity index (χ2n) is 6.24. The van der Waals surface area contributed by atoms with E-state index < -0.39 is 0 Å². The maximum Gasteiger partial charge on any atom is 0.235 e. The number of rotatable bonds is 6. The highest BCUT2D eigenvalue weighted by Gasteiger charge is 2.27. The number of nitrogens with one attached hydrogen (secondary N) is 2. The molecule has 0 saturated carbocycles. The molecule has 0 fully saturated rings. The summed E-state index contributed by atoms with van der Waals surface area (Å²) in [7, 11) is 0. The minimum absolute atomic E-state index is 0.0202. The summed E-state index contributed by atoms with van der Waals surface area (Å²) < 4.78 is 0. The van der Waals surface area contributed by atoms with Gasteiger partial charge in [0.25, 0.3) is 0 Å². The van der Waals surface area contributed by atoms with Crippen molar-refractivity contribution in [2.75, 3.05) is 11.1 Å². The van der Waals surface area contributed by atoms with Gasteiger partial charge in [-0.2, -0.15) is 5.10 Å². The standard InChI is InChI=1S/C19H18N4O2S2/c24-15(10-26-19-20-11-21-23-19)22-18-16(13-8-4-5-9-14(13)27-18)17(25)12-6-2-1-3-7-12/h1-3,6-7,11H,4-5,8-10H2,(H,22,24)(H,20,21,23). The molecule has 0 radical (unpaired) electrons. The van der Waals surface area contributed by atoms with Gasteiger partial charge in [-0.25, -0.2) is 4.98 Å². The summed E-state index contributed by atoms with van der Waals surface area (Å²) in [5, 5.41) is 10.7. The summed E-state index contributed by atoms with van der Waals surface area (Å²) in [4.78, 5) is 30.8. The second-order valence-corrected chi connectivity index (χ2v) is 8.31. The van der Waals surface area contributed by atoms with Gasteiger partial charge in [0.1, 0.15) is 11.3 Å². The Bertz CT molecular complexity index is 952. The average Bonchev–Trinajstić information content (AvgIpc) is 3.34. The molecule has 0 aliphatic heterocycles. The van der Waals surface area contributed by atoms with E-state index in [0.29, 0.717) is 21.3 Å². The molecule has 6 nitrogen and oxygen atoms in total. The first-order valence-corrected chi connectivity index (χ1v) is 10.5. The van der Waals surface area contributed by atoms with Crippen molar-refractivity contribution < 1.29 is 9.59 Å². The first kappa shape index (κ1) is 17.9. The Morgan fingerprint density at radius 2 is 2.00 bits per heavy atom. The number of hydrogen-bond donors (Lipinski definition) is 2. The quantitative estimate of drug-likeness (QED) is 0.488. The smallest absolute Gasteiger partial charge is 0.235 e. The molecule has 1 aliphatic rings. The molecular formula is C19H18N4O2S2. The van der Waals surface area contributed by atoms with Crippen molar-refractivity contribution in [2.24, 2.45) is 0 Å². The summed E-state index contributed by atoms with van der Waals surface area (Å²) in [6.45, 7) is 0. The minimum Gasteiger partial charge on any atom is -0.316 e. The van der Waals surface area contributed by atoms with Crippen molar-refractivity contribution in [1.82, 2.24) is 15.2 Å². The SMILES string of the molecule is O=C(CSc1ncn[nH]1)Nc1sc2c(c1C(=O)c1ccccc1)CCCC2. The van der Waals surface area contributed by atoms with Gasteiger partial charge >= 0.3 is 0 Å². The third-order valence-corrected chi connectivity index (χ3v) is 6.50. The van der Waals surface area contributed by atoms with E-state index in [1.54, 1.807) is 0 Å². The van der Waals surface area contributed by atoms with E-state index in [1.807, 2.05) is 30.3 Å². The predicted molar refractivity (Wildman–Crippen MR) is 107 cm³/mol. The van der Waals surface area contributed by atoms with Crippen molar-refractivity contribution in [3.05, 3.63) is 58.2 Å². The molecule has 2 aromatic heterocycles. The lowest BCUT2D eigenvalue weighted by molar-refractivity contribution is -0.113. The molecule has 0 bridgehead atoms. The molecule has 0 spiro atoms. The minimum atomic E-state index is -0.155. The number of nitrogens with zero attached hydrogens (tertiary/aromatic N) is 2. The number of benzene rings is 1. The number of anilines is 1. The monoisotopic (exact) mass is 398 g/mol. The maximum absolute atomic E-state index is 13.2. The number of carbonyl (C=O) groups is 2. The number of fused-ring (bicyclic) bond motifs is 1. The Balaban J connectivity index is 1.59. The van der Waals surface area contributed by atoms with Crippen LogP contribution in [0, 0.1) is 0 Å². The molecule has 27 heavy (non-hydrogen) atoms. The zero-order valence-corrected chi connectivity index (χ0v) is 16.2. The van der Waals surface area contributed by atoms with Gasteiger partial charge in [0, 0.05) is 10.4 Å². The van der Waals surface area contributed by atoms with Crippen molar-refractivity contribution in [1.29, 1.82) is 0 Å². The average molecular weight is 399 g/mol.